The molecule has 2 aromatic rings. The number of methoxy groups -OCH3 is 1. The molecule has 0 atom stereocenters. The molecule has 6 heteroatoms. The van der Waals surface area contributed by atoms with E-state index in [0.717, 1.165) is 5.56 Å². The number of nitrogens with one attached hydrogen (secondary N) is 1. The fourth-order valence-corrected chi connectivity index (χ4v) is 1.64. The van der Waals surface area contributed by atoms with Crippen molar-refractivity contribution in [1.29, 1.82) is 5.26 Å². The molecule has 1 aromatic carbocycles. The second kappa shape index (κ2) is 5.99. The lowest BCUT2D eigenvalue weighted by molar-refractivity contribution is 0.101. The van der Waals surface area contributed by atoms with Gasteiger partial charge in [0.2, 0.25) is 0 Å². The van der Waals surface area contributed by atoms with Gasteiger partial charge in [-0.05, 0) is 24.6 Å². The first kappa shape index (κ1) is 13.8. The van der Waals surface area contributed by atoms with E-state index in [9.17, 15) is 4.79 Å². The number of nitriles is 1. The third-order valence-corrected chi connectivity index (χ3v) is 2.69. The van der Waals surface area contributed by atoms with Gasteiger partial charge in [0, 0.05) is 18.9 Å². The van der Waals surface area contributed by atoms with Crippen LogP contribution in [0.25, 0.3) is 0 Å². The summed E-state index contributed by atoms with van der Waals surface area (Å²) in [7, 11) is 1.53. The molecule has 0 aliphatic carbocycles. The van der Waals surface area contributed by atoms with Gasteiger partial charge in [0.05, 0.1) is 11.6 Å². The van der Waals surface area contributed by atoms with Crippen molar-refractivity contribution in [2.45, 2.75) is 13.5 Å². The lowest BCUT2D eigenvalue weighted by Crippen LogP contribution is -2.13. The maximum Gasteiger partial charge on any atom is 0.277 e. The molecule has 0 aliphatic rings. The van der Waals surface area contributed by atoms with Gasteiger partial charge in [0.25, 0.3) is 5.91 Å². The van der Waals surface area contributed by atoms with Crippen molar-refractivity contribution in [3.63, 3.8) is 0 Å². The first-order chi connectivity index (χ1) is 9.63. The zero-order chi connectivity index (χ0) is 14.5. The molecule has 0 unspecified atom stereocenters. The van der Waals surface area contributed by atoms with Crippen molar-refractivity contribution in [2.75, 3.05) is 12.4 Å². The summed E-state index contributed by atoms with van der Waals surface area (Å²) in [4.78, 5) is 12.0. The Kier molecular flexibility index (Phi) is 4.13. The first-order valence-corrected chi connectivity index (χ1v) is 5.90. The number of carbonyl (C=O) groups is 1. The molecule has 0 fully saturated rings. The molecule has 6 nitrogen and oxygen atoms in total. The minimum absolute atomic E-state index is 0.166. The summed E-state index contributed by atoms with van der Waals surface area (Å²) in [5.41, 5.74) is 2.08. The molecule has 1 aromatic heterocycles. The third-order valence-electron chi connectivity index (χ3n) is 2.69. The van der Waals surface area contributed by atoms with Crippen LogP contribution in [0.1, 0.15) is 27.4 Å². The predicted molar refractivity (Wildman–Crippen MR) is 71.1 cm³/mol. The molecule has 2 rings (SSSR count). The molecule has 0 saturated carbocycles. The van der Waals surface area contributed by atoms with E-state index in [-0.39, 0.29) is 12.3 Å². The fourth-order valence-electron chi connectivity index (χ4n) is 1.64. The first-order valence-electron chi connectivity index (χ1n) is 5.90. The highest BCUT2D eigenvalue weighted by atomic mass is 16.5. The molecule has 20 heavy (non-hydrogen) atoms. The van der Waals surface area contributed by atoms with E-state index in [1.54, 1.807) is 18.2 Å². The van der Waals surface area contributed by atoms with Crippen molar-refractivity contribution in [1.82, 2.24) is 5.16 Å². The minimum Gasteiger partial charge on any atom is -0.377 e. The van der Waals surface area contributed by atoms with Crippen LogP contribution < -0.4 is 5.32 Å². The van der Waals surface area contributed by atoms with Gasteiger partial charge < -0.3 is 14.6 Å². The van der Waals surface area contributed by atoms with Gasteiger partial charge in [0.1, 0.15) is 6.61 Å². The van der Waals surface area contributed by atoms with E-state index < -0.39 is 5.91 Å². The van der Waals surface area contributed by atoms with Gasteiger partial charge in [-0.2, -0.15) is 5.26 Å². The lowest BCUT2D eigenvalue weighted by atomic mass is 10.1. The van der Waals surface area contributed by atoms with Crippen LogP contribution in [-0.2, 0) is 11.3 Å². The number of hydrogen-bond acceptors (Lipinski definition) is 5. The highest BCUT2D eigenvalue weighted by Crippen LogP contribution is 2.17. The average Bonchev–Trinajstić information content (AvgIpc) is 2.90. The van der Waals surface area contributed by atoms with E-state index >= 15 is 0 Å². The van der Waals surface area contributed by atoms with Crippen molar-refractivity contribution in [3.05, 3.63) is 46.8 Å². The molecule has 0 spiro atoms. The Labute approximate surface area is 115 Å². The minimum atomic E-state index is -0.394. The average molecular weight is 271 g/mol. The van der Waals surface area contributed by atoms with Crippen LogP contribution in [0, 0.1) is 18.3 Å². The summed E-state index contributed by atoms with van der Waals surface area (Å²) in [6.45, 7) is 2.10. The Hall–Kier alpha value is -2.65. The van der Waals surface area contributed by atoms with Crippen LogP contribution in [0.15, 0.2) is 28.8 Å². The van der Waals surface area contributed by atoms with Crippen LogP contribution in [0.4, 0.5) is 5.69 Å². The van der Waals surface area contributed by atoms with Crippen LogP contribution >= 0.6 is 0 Å². The van der Waals surface area contributed by atoms with Crippen LogP contribution in [-0.4, -0.2) is 18.2 Å². The van der Waals surface area contributed by atoms with Crippen LogP contribution in [0.3, 0.4) is 0 Å². The third kappa shape index (κ3) is 3.02. The van der Waals surface area contributed by atoms with Crippen LogP contribution in [0.2, 0.25) is 0 Å². The predicted octanol–water partition coefficient (Wildman–Crippen LogP) is 2.25. The standard InChI is InChI=1S/C14H13N3O3/c1-9-3-4-10(7-15)5-12(9)16-14(18)13-6-11(8-19-2)20-17-13/h3-6H,8H2,1-2H3,(H,16,18). The van der Waals surface area contributed by atoms with Crippen molar-refractivity contribution in [3.8, 4) is 6.07 Å². The van der Waals surface area contributed by atoms with Gasteiger partial charge >= 0.3 is 0 Å². The Morgan fingerprint density at radius 1 is 1.50 bits per heavy atom. The number of ether oxygens (including phenoxy) is 1. The van der Waals surface area contributed by atoms with E-state index in [1.807, 2.05) is 13.0 Å². The van der Waals surface area contributed by atoms with Gasteiger partial charge in [-0.1, -0.05) is 11.2 Å². The largest absolute Gasteiger partial charge is 0.377 e. The molecular weight excluding hydrogens is 258 g/mol. The monoisotopic (exact) mass is 271 g/mol. The number of amides is 1. The Bertz CT molecular complexity index is 671. The molecule has 1 amide bonds. The molecule has 0 saturated heterocycles. The maximum absolute atomic E-state index is 12.0. The number of nitrogens with zero attached hydrogens (tertiary/aromatic N) is 2. The topological polar surface area (TPSA) is 88.1 Å². The number of aryl methyl sites for hydroxylation is 1. The van der Waals surface area contributed by atoms with Crippen LogP contribution in [0.5, 0.6) is 0 Å². The lowest BCUT2D eigenvalue weighted by Gasteiger charge is -2.06. The summed E-state index contributed by atoms with van der Waals surface area (Å²) < 4.78 is 9.84. The smallest absolute Gasteiger partial charge is 0.277 e. The molecule has 1 heterocycles. The Morgan fingerprint density at radius 3 is 3.00 bits per heavy atom. The van der Waals surface area contributed by atoms with E-state index in [0.29, 0.717) is 17.0 Å². The SMILES string of the molecule is COCc1cc(C(=O)Nc2cc(C#N)ccc2C)no1. The van der Waals surface area contributed by atoms with Crippen molar-refractivity contribution >= 4 is 11.6 Å². The quantitative estimate of drug-likeness (QED) is 0.921. The molecule has 0 radical (unpaired) electrons. The van der Waals surface area contributed by atoms with Gasteiger partial charge in [-0.15, -0.1) is 0 Å². The normalized spacial score (nSPS) is 10.1. The summed E-state index contributed by atoms with van der Waals surface area (Å²) in [5.74, 6) is 0.0782. The second-order valence-electron chi connectivity index (χ2n) is 4.21. The summed E-state index contributed by atoms with van der Waals surface area (Å²) in [6.07, 6.45) is 0. The number of anilines is 1. The highest BCUT2D eigenvalue weighted by Gasteiger charge is 2.13. The molecule has 102 valence electrons. The molecular formula is C14H13N3O3. The number of carbonyl (C=O) groups excluding carboxylic acids is 1. The molecule has 0 bridgehead atoms. The van der Waals surface area contributed by atoms with E-state index in [4.69, 9.17) is 14.5 Å². The zero-order valence-corrected chi connectivity index (χ0v) is 11.1. The van der Waals surface area contributed by atoms with Gasteiger partial charge in [-0.25, -0.2) is 0 Å². The van der Waals surface area contributed by atoms with Gasteiger partial charge in [0.15, 0.2) is 11.5 Å². The molecule has 0 aliphatic heterocycles. The van der Waals surface area contributed by atoms with E-state index in [1.165, 1.54) is 13.2 Å². The summed E-state index contributed by atoms with van der Waals surface area (Å²) in [6, 6.07) is 8.62. The Balaban J connectivity index is 2.16. The summed E-state index contributed by atoms with van der Waals surface area (Å²) >= 11 is 0. The maximum atomic E-state index is 12.0. The number of aromatic nitrogens is 1. The molecule has 1 N–H and O–H groups in total. The highest BCUT2D eigenvalue weighted by molar-refractivity contribution is 6.03. The second-order valence-corrected chi connectivity index (χ2v) is 4.21. The van der Waals surface area contributed by atoms with Gasteiger partial charge in [-0.3, -0.25) is 4.79 Å². The van der Waals surface area contributed by atoms with Crippen molar-refractivity contribution in [2.24, 2.45) is 0 Å². The summed E-state index contributed by atoms with van der Waals surface area (Å²) in [5, 5.41) is 15.2. The number of benzene rings is 1. The fraction of sp³-hybridized carbons (Fsp3) is 0.214. The van der Waals surface area contributed by atoms with E-state index in [2.05, 4.69) is 10.5 Å². The Morgan fingerprint density at radius 2 is 2.30 bits per heavy atom. The number of rotatable bonds is 4. The van der Waals surface area contributed by atoms with Crippen molar-refractivity contribution < 1.29 is 14.1 Å². The zero-order valence-electron chi connectivity index (χ0n) is 11.1. The number of hydrogen-bond donors (Lipinski definition) is 1.